The summed E-state index contributed by atoms with van der Waals surface area (Å²) < 4.78 is 50.4. The van der Waals surface area contributed by atoms with Crippen LogP contribution in [0.2, 0.25) is 0 Å². The second kappa shape index (κ2) is 18.9. The van der Waals surface area contributed by atoms with Crippen molar-refractivity contribution in [3.05, 3.63) is 47.4 Å². The number of cyclic esters (lactones) is 1. The fourth-order valence-corrected chi connectivity index (χ4v) is 11.8. The number of carbonyl (C=O) groups is 2. The first-order valence-electron chi connectivity index (χ1n) is 22.8. The van der Waals surface area contributed by atoms with Gasteiger partial charge >= 0.3 is 5.97 Å². The van der Waals surface area contributed by atoms with E-state index in [4.69, 9.17) is 42.9 Å². The molecule has 3 aliphatic heterocycles. The standard InChI is InChI=1S/C47H68N4O10/c1-10-27-14-13-16-36(61-38-18-17-35(51(5)6)25(3)57-38)24(2)42(53)33-22-30-29-20-28(60-47-45(56-9)44(55-8)43(54-7)26(4)58-47)21-32(29)40-41(39(30)31(33)23-37(52)59-27)50-46(49-40)34-15-11-12-19-48-34/h11-12,15,19,22,24-32,35-36,38-39,43-45,47H,10,13-14,16-18,20-21,23H2,1-9H3,(H,49,50)/t24-,25?,26?,27+,28+,29+,30+,31-,32-,35+,36+,38+,39-,43+,44?,45+,47+/m1/s1. The van der Waals surface area contributed by atoms with Crippen molar-refractivity contribution in [2.45, 2.75) is 165 Å². The van der Waals surface area contributed by atoms with E-state index in [2.05, 4.69) is 48.9 Å². The lowest BCUT2D eigenvalue weighted by Gasteiger charge is -2.44. The molecule has 336 valence electrons. The Hall–Kier alpha value is -3.08. The number of likely N-dealkylation sites (N-methyl/N-ethyl adjacent to an activating group) is 1. The topological polar surface area (TPSA) is 153 Å². The van der Waals surface area contributed by atoms with Gasteiger partial charge in [0.15, 0.2) is 24.2 Å². The van der Waals surface area contributed by atoms with Crippen molar-refractivity contribution in [1.82, 2.24) is 19.9 Å². The van der Waals surface area contributed by atoms with E-state index in [1.54, 1.807) is 27.5 Å². The van der Waals surface area contributed by atoms with Crippen LogP contribution in [0.5, 0.6) is 0 Å². The normalized spacial score (nSPS) is 40.6. The number of aromatic amines is 1. The molecule has 2 aromatic heterocycles. The van der Waals surface area contributed by atoms with Gasteiger partial charge in [-0.2, -0.15) is 0 Å². The molecule has 0 aromatic carbocycles. The van der Waals surface area contributed by atoms with E-state index in [1.807, 2.05) is 32.0 Å². The molecule has 3 saturated heterocycles. The predicted molar refractivity (Wildman–Crippen MR) is 225 cm³/mol. The third-order valence-electron chi connectivity index (χ3n) is 14.9. The number of nitrogens with one attached hydrogen (secondary N) is 1. The maximum atomic E-state index is 15.2. The van der Waals surface area contributed by atoms with Crippen molar-refractivity contribution in [1.29, 1.82) is 0 Å². The van der Waals surface area contributed by atoms with Crippen LogP contribution in [0.3, 0.4) is 0 Å². The van der Waals surface area contributed by atoms with Gasteiger partial charge in [0.2, 0.25) is 0 Å². The van der Waals surface area contributed by atoms with E-state index in [0.29, 0.717) is 43.1 Å². The Morgan fingerprint density at radius 2 is 1.67 bits per heavy atom. The lowest BCUT2D eigenvalue weighted by molar-refractivity contribution is -0.314. The molecule has 0 bridgehead atoms. The van der Waals surface area contributed by atoms with Crippen LogP contribution in [-0.4, -0.2) is 134 Å². The first-order chi connectivity index (χ1) is 29.4. The number of carbonyl (C=O) groups excluding carboxylic acids is 2. The van der Waals surface area contributed by atoms with Crippen LogP contribution in [-0.2, 0) is 47.5 Å². The highest BCUT2D eigenvalue weighted by Crippen LogP contribution is 2.61. The average Bonchev–Trinajstić information content (AvgIpc) is 3.98. The lowest BCUT2D eigenvalue weighted by atomic mass is 9.67. The first kappa shape index (κ1) is 44.5. The van der Waals surface area contributed by atoms with E-state index in [-0.39, 0.29) is 84.6 Å². The number of imidazole rings is 1. The van der Waals surface area contributed by atoms with Gasteiger partial charge in [-0.15, -0.1) is 0 Å². The summed E-state index contributed by atoms with van der Waals surface area (Å²) in [6.45, 7) is 8.14. The van der Waals surface area contributed by atoms with E-state index in [9.17, 15) is 4.79 Å². The van der Waals surface area contributed by atoms with E-state index >= 15 is 4.79 Å². The van der Waals surface area contributed by atoms with E-state index < -0.39 is 30.5 Å². The van der Waals surface area contributed by atoms with Crippen LogP contribution in [0.15, 0.2) is 36.0 Å². The molecule has 0 radical (unpaired) electrons. The summed E-state index contributed by atoms with van der Waals surface area (Å²) in [6, 6.07) is 6.10. The third kappa shape index (κ3) is 8.77. The van der Waals surface area contributed by atoms with E-state index in [1.165, 1.54) is 0 Å². The number of aromatic nitrogens is 3. The number of esters is 1. The molecule has 1 saturated carbocycles. The second-order valence-electron chi connectivity index (χ2n) is 18.6. The SMILES string of the molecule is CC[C@H]1CCC[C@H](O[C@H]2CC[C@H](N(C)C)C(C)O2)[C@@H](C)C(=O)C2=C[C@H]3[C@@H]4C[C@H](O[C@@H]5OC(C)[C@H](OC)C(OC)[C@@H]5OC)C[C@H]4c4[nH]c(-c5ccccn5)nc4[C@H]3[C@@H]2CC(=O)O1. The number of pyridine rings is 1. The molecule has 0 amide bonds. The Labute approximate surface area is 361 Å². The van der Waals surface area contributed by atoms with Gasteiger partial charge in [-0.05, 0) is 109 Å². The lowest BCUT2D eigenvalue weighted by Crippen LogP contribution is -2.59. The molecule has 5 heterocycles. The molecule has 1 N–H and O–H groups in total. The first-order valence-corrected chi connectivity index (χ1v) is 22.8. The molecule has 6 aliphatic rings. The summed E-state index contributed by atoms with van der Waals surface area (Å²) in [5.41, 5.74) is 3.33. The minimum atomic E-state index is -0.676. The molecular weight excluding hydrogens is 781 g/mol. The number of methoxy groups -OCH3 is 3. The van der Waals surface area contributed by atoms with Gasteiger partial charge in [0.1, 0.15) is 30.1 Å². The Bertz CT molecular complexity index is 1860. The maximum absolute atomic E-state index is 15.2. The fourth-order valence-electron chi connectivity index (χ4n) is 11.8. The maximum Gasteiger partial charge on any atom is 0.306 e. The number of fused-ring (bicyclic) bond motifs is 8. The van der Waals surface area contributed by atoms with Crippen LogP contribution < -0.4 is 0 Å². The van der Waals surface area contributed by atoms with Gasteiger partial charge in [0, 0.05) is 62.9 Å². The van der Waals surface area contributed by atoms with Crippen LogP contribution in [0.25, 0.3) is 11.5 Å². The quantitative estimate of drug-likeness (QED) is 0.265. The van der Waals surface area contributed by atoms with Gasteiger partial charge in [-0.3, -0.25) is 14.6 Å². The summed E-state index contributed by atoms with van der Waals surface area (Å²) in [6.07, 6.45) is 6.74. The smallest absolute Gasteiger partial charge is 0.306 e. The molecule has 14 nitrogen and oxygen atoms in total. The molecule has 8 rings (SSSR count). The second-order valence-corrected chi connectivity index (χ2v) is 18.6. The van der Waals surface area contributed by atoms with Crippen LogP contribution in [0, 0.1) is 23.7 Å². The Morgan fingerprint density at radius 1 is 0.885 bits per heavy atom. The third-order valence-corrected chi connectivity index (χ3v) is 14.9. The zero-order valence-electron chi connectivity index (χ0n) is 37.5. The number of hydrogen-bond acceptors (Lipinski definition) is 13. The zero-order chi connectivity index (χ0) is 43.1. The van der Waals surface area contributed by atoms with Crippen molar-refractivity contribution in [2.24, 2.45) is 23.7 Å². The van der Waals surface area contributed by atoms with Crippen LogP contribution >= 0.6 is 0 Å². The number of Topliss-reactive ketones (excluding diaryl/α,β-unsaturated/α-hetero) is 1. The predicted octanol–water partition coefficient (Wildman–Crippen LogP) is 6.35. The highest BCUT2D eigenvalue weighted by Gasteiger charge is 2.57. The largest absolute Gasteiger partial charge is 0.462 e. The highest BCUT2D eigenvalue weighted by molar-refractivity contribution is 5.99. The minimum Gasteiger partial charge on any atom is -0.462 e. The number of ether oxygens (including phenoxy) is 8. The zero-order valence-corrected chi connectivity index (χ0v) is 37.5. The van der Waals surface area contributed by atoms with Crippen molar-refractivity contribution in [3.63, 3.8) is 0 Å². The van der Waals surface area contributed by atoms with Crippen molar-refractivity contribution >= 4 is 11.8 Å². The molecule has 17 atom stereocenters. The number of allylic oxidation sites excluding steroid dienone is 2. The van der Waals surface area contributed by atoms with Crippen molar-refractivity contribution in [3.8, 4) is 11.5 Å². The van der Waals surface area contributed by atoms with Gasteiger partial charge in [-0.1, -0.05) is 26.0 Å². The van der Waals surface area contributed by atoms with Gasteiger partial charge in [-0.25, -0.2) is 4.98 Å². The van der Waals surface area contributed by atoms with Crippen LogP contribution in [0.4, 0.5) is 0 Å². The van der Waals surface area contributed by atoms with Crippen molar-refractivity contribution < 1.29 is 47.5 Å². The number of ketones is 1. The van der Waals surface area contributed by atoms with Gasteiger partial charge in [0.25, 0.3) is 0 Å². The summed E-state index contributed by atoms with van der Waals surface area (Å²) in [4.78, 5) is 45.1. The minimum absolute atomic E-state index is 0.00302. The molecule has 2 aromatic rings. The highest BCUT2D eigenvalue weighted by atomic mass is 16.7. The average molecular weight is 849 g/mol. The number of nitrogens with zero attached hydrogens (tertiary/aromatic N) is 3. The Kier molecular flexibility index (Phi) is 13.8. The summed E-state index contributed by atoms with van der Waals surface area (Å²) in [5.74, 6) is -0.603. The van der Waals surface area contributed by atoms with Crippen molar-refractivity contribution in [2.75, 3.05) is 35.4 Å². The summed E-state index contributed by atoms with van der Waals surface area (Å²) >= 11 is 0. The van der Waals surface area contributed by atoms with E-state index in [0.717, 1.165) is 42.8 Å². The van der Waals surface area contributed by atoms with Crippen LogP contribution in [0.1, 0.15) is 109 Å². The fraction of sp³-hybridized carbons (Fsp3) is 0.745. The molecule has 3 aliphatic carbocycles. The molecule has 14 heteroatoms. The number of H-pyrrole nitrogens is 1. The number of hydrogen-bond donors (Lipinski definition) is 1. The molecular formula is C47H68N4O10. The number of rotatable bonds is 10. The summed E-state index contributed by atoms with van der Waals surface area (Å²) in [5, 5.41) is 0. The molecule has 61 heavy (non-hydrogen) atoms. The Balaban J connectivity index is 1.13. The van der Waals surface area contributed by atoms with Gasteiger partial charge < -0.3 is 47.8 Å². The molecule has 4 fully saturated rings. The molecule has 3 unspecified atom stereocenters. The Morgan fingerprint density at radius 3 is 2.36 bits per heavy atom. The monoisotopic (exact) mass is 848 g/mol. The summed E-state index contributed by atoms with van der Waals surface area (Å²) in [7, 11) is 9.13. The molecule has 0 spiro atoms. The van der Waals surface area contributed by atoms with Gasteiger partial charge in [0.05, 0.1) is 36.5 Å².